The zero-order valence-corrected chi connectivity index (χ0v) is 11.7. The van der Waals surface area contributed by atoms with Crippen LogP contribution in [-0.2, 0) is 6.54 Å². The van der Waals surface area contributed by atoms with Crippen LogP contribution in [0.1, 0.15) is 24.1 Å². The first kappa shape index (κ1) is 13.3. The number of aliphatic hydroxyl groups is 1. The lowest BCUT2D eigenvalue weighted by Crippen LogP contribution is -2.37. The van der Waals surface area contributed by atoms with Crippen molar-refractivity contribution in [1.82, 2.24) is 9.88 Å². The molecule has 4 nitrogen and oxygen atoms in total. The summed E-state index contributed by atoms with van der Waals surface area (Å²) in [5.74, 6) is 0.664. The van der Waals surface area contributed by atoms with E-state index in [0.29, 0.717) is 5.89 Å². The molecule has 1 aliphatic rings. The molecule has 0 spiro atoms. The van der Waals surface area contributed by atoms with E-state index >= 15 is 0 Å². The van der Waals surface area contributed by atoms with Crippen LogP contribution in [0.3, 0.4) is 0 Å². The lowest BCUT2D eigenvalue weighted by atomic mass is 10.1. The van der Waals surface area contributed by atoms with Crippen LogP contribution >= 0.6 is 0 Å². The van der Waals surface area contributed by atoms with Gasteiger partial charge in [0.2, 0.25) is 5.89 Å². The van der Waals surface area contributed by atoms with E-state index in [-0.39, 0.29) is 6.10 Å². The lowest BCUT2D eigenvalue weighted by Gasteiger charge is -2.29. The van der Waals surface area contributed by atoms with Gasteiger partial charge in [0.05, 0.1) is 11.8 Å². The molecule has 1 aromatic carbocycles. The second-order valence-corrected chi connectivity index (χ2v) is 5.54. The molecule has 1 aromatic heterocycles. The maximum absolute atomic E-state index is 9.68. The Morgan fingerprint density at radius 2 is 2.15 bits per heavy atom. The number of nitrogens with zero attached hydrogens (tertiary/aromatic N) is 2. The molecule has 0 radical (unpaired) electrons. The van der Waals surface area contributed by atoms with Crippen molar-refractivity contribution >= 4 is 0 Å². The molecule has 1 N–H and O–H groups in total. The molecule has 0 bridgehead atoms. The van der Waals surface area contributed by atoms with Gasteiger partial charge in [-0.1, -0.05) is 17.7 Å². The Morgan fingerprint density at radius 1 is 1.35 bits per heavy atom. The molecule has 2 aromatic rings. The number of aryl methyl sites for hydroxylation is 1. The highest BCUT2D eigenvalue weighted by Gasteiger charge is 2.19. The fourth-order valence-corrected chi connectivity index (χ4v) is 2.61. The summed E-state index contributed by atoms with van der Waals surface area (Å²) in [5, 5.41) is 9.68. The quantitative estimate of drug-likeness (QED) is 0.933. The number of piperidine rings is 1. The molecule has 0 unspecified atom stereocenters. The average molecular weight is 272 g/mol. The van der Waals surface area contributed by atoms with Crippen molar-refractivity contribution < 1.29 is 9.52 Å². The number of rotatable bonds is 3. The molecular formula is C16H20N2O2. The van der Waals surface area contributed by atoms with Gasteiger partial charge in [0.25, 0.3) is 0 Å². The van der Waals surface area contributed by atoms with E-state index in [4.69, 9.17) is 4.42 Å². The molecule has 20 heavy (non-hydrogen) atoms. The smallest absolute Gasteiger partial charge is 0.226 e. The number of aliphatic hydroxyl groups excluding tert-OH is 1. The minimum absolute atomic E-state index is 0.202. The van der Waals surface area contributed by atoms with Crippen LogP contribution in [0.2, 0.25) is 0 Å². The molecule has 1 fully saturated rings. The first-order valence-electron chi connectivity index (χ1n) is 7.12. The van der Waals surface area contributed by atoms with Crippen LogP contribution in [0.25, 0.3) is 11.5 Å². The molecule has 1 atom stereocenters. The number of aromatic nitrogens is 1. The monoisotopic (exact) mass is 272 g/mol. The third kappa shape index (κ3) is 3.08. The fraction of sp³-hybridized carbons (Fsp3) is 0.438. The number of hydrogen-bond acceptors (Lipinski definition) is 4. The summed E-state index contributed by atoms with van der Waals surface area (Å²) in [6, 6.07) is 8.16. The Labute approximate surface area is 119 Å². The fourth-order valence-electron chi connectivity index (χ4n) is 2.61. The molecular weight excluding hydrogens is 252 g/mol. The van der Waals surface area contributed by atoms with Gasteiger partial charge in [0, 0.05) is 18.7 Å². The van der Waals surface area contributed by atoms with E-state index in [1.807, 2.05) is 12.1 Å². The van der Waals surface area contributed by atoms with Crippen molar-refractivity contribution in [3.8, 4) is 11.5 Å². The van der Waals surface area contributed by atoms with E-state index in [0.717, 1.165) is 43.7 Å². The van der Waals surface area contributed by atoms with Crippen molar-refractivity contribution in [2.24, 2.45) is 0 Å². The average Bonchev–Trinajstić information content (AvgIpc) is 2.88. The number of hydrogen-bond donors (Lipinski definition) is 1. The molecule has 4 heteroatoms. The van der Waals surface area contributed by atoms with Gasteiger partial charge in [-0.3, -0.25) is 4.90 Å². The third-order valence-corrected chi connectivity index (χ3v) is 3.72. The first-order valence-corrected chi connectivity index (χ1v) is 7.12. The predicted molar refractivity (Wildman–Crippen MR) is 77.2 cm³/mol. The number of likely N-dealkylation sites (tertiary alicyclic amines) is 1. The van der Waals surface area contributed by atoms with Gasteiger partial charge in [-0.2, -0.15) is 0 Å². The SMILES string of the molecule is Cc1ccc(-c2nc(CN3CCC[C@H](O)C3)co2)cc1. The second kappa shape index (κ2) is 5.77. The summed E-state index contributed by atoms with van der Waals surface area (Å²) in [6.07, 6.45) is 3.47. The minimum atomic E-state index is -0.202. The van der Waals surface area contributed by atoms with Crippen LogP contribution in [0.15, 0.2) is 34.9 Å². The van der Waals surface area contributed by atoms with E-state index < -0.39 is 0 Å². The summed E-state index contributed by atoms with van der Waals surface area (Å²) in [4.78, 5) is 6.77. The molecule has 0 saturated carbocycles. The molecule has 0 aliphatic carbocycles. The van der Waals surface area contributed by atoms with E-state index in [9.17, 15) is 5.11 Å². The van der Waals surface area contributed by atoms with Crippen molar-refractivity contribution in [2.45, 2.75) is 32.4 Å². The summed E-state index contributed by atoms with van der Waals surface area (Å²) in [6.45, 7) is 4.55. The first-order chi connectivity index (χ1) is 9.70. The normalized spacial score (nSPS) is 20.2. The summed E-state index contributed by atoms with van der Waals surface area (Å²) < 4.78 is 5.56. The zero-order chi connectivity index (χ0) is 13.9. The van der Waals surface area contributed by atoms with Crippen LogP contribution in [0.4, 0.5) is 0 Å². The van der Waals surface area contributed by atoms with Crippen LogP contribution < -0.4 is 0 Å². The van der Waals surface area contributed by atoms with Crippen LogP contribution in [-0.4, -0.2) is 34.2 Å². The van der Waals surface area contributed by atoms with Gasteiger partial charge in [0.15, 0.2) is 0 Å². The van der Waals surface area contributed by atoms with Crippen LogP contribution in [0.5, 0.6) is 0 Å². The Hall–Kier alpha value is -1.65. The van der Waals surface area contributed by atoms with Gasteiger partial charge in [-0.05, 0) is 38.4 Å². The molecule has 2 heterocycles. The molecule has 1 aliphatic heterocycles. The minimum Gasteiger partial charge on any atom is -0.444 e. The Kier molecular flexibility index (Phi) is 3.85. The van der Waals surface area contributed by atoms with Crippen LogP contribution in [0, 0.1) is 6.92 Å². The lowest BCUT2D eigenvalue weighted by molar-refractivity contribution is 0.0662. The largest absolute Gasteiger partial charge is 0.444 e. The van der Waals surface area contributed by atoms with E-state index in [1.165, 1.54) is 5.56 Å². The van der Waals surface area contributed by atoms with Crippen molar-refractivity contribution in [1.29, 1.82) is 0 Å². The Morgan fingerprint density at radius 3 is 2.90 bits per heavy atom. The van der Waals surface area contributed by atoms with Crippen molar-refractivity contribution in [3.63, 3.8) is 0 Å². The van der Waals surface area contributed by atoms with Gasteiger partial charge < -0.3 is 9.52 Å². The van der Waals surface area contributed by atoms with E-state index in [2.05, 4.69) is 28.9 Å². The van der Waals surface area contributed by atoms with Gasteiger partial charge >= 0.3 is 0 Å². The summed E-state index contributed by atoms with van der Waals surface area (Å²) in [5.41, 5.74) is 3.15. The second-order valence-electron chi connectivity index (χ2n) is 5.54. The summed E-state index contributed by atoms with van der Waals surface area (Å²) >= 11 is 0. The van der Waals surface area contributed by atoms with Crippen molar-refractivity contribution in [2.75, 3.05) is 13.1 Å². The van der Waals surface area contributed by atoms with Crippen molar-refractivity contribution in [3.05, 3.63) is 41.8 Å². The highest BCUT2D eigenvalue weighted by atomic mass is 16.3. The topological polar surface area (TPSA) is 49.5 Å². The predicted octanol–water partition coefficient (Wildman–Crippen LogP) is 2.61. The molecule has 3 rings (SSSR count). The maximum Gasteiger partial charge on any atom is 0.226 e. The standard InChI is InChI=1S/C16H20N2O2/c1-12-4-6-13(7-5-12)16-17-14(11-20-16)9-18-8-2-3-15(19)10-18/h4-7,11,15,19H,2-3,8-10H2,1H3/t15-/m0/s1. The third-order valence-electron chi connectivity index (χ3n) is 3.72. The van der Waals surface area contributed by atoms with Gasteiger partial charge in [-0.25, -0.2) is 4.98 Å². The highest BCUT2D eigenvalue weighted by molar-refractivity contribution is 5.53. The highest BCUT2D eigenvalue weighted by Crippen LogP contribution is 2.20. The Bertz CT molecular complexity index is 562. The zero-order valence-electron chi connectivity index (χ0n) is 11.7. The van der Waals surface area contributed by atoms with E-state index in [1.54, 1.807) is 6.26 Å². The Balaban J connectivity index is 1.69. The molecule has 0 amide bonds. The van der Waals surface area contributed by atoms with Gasteiger partial charge in [0.1, 0.15) is 6.26 Å². The summed E-state index contributed by atoms with van der Waals surface area (Å²) in [7, 11) is 0. The number of β-amino-alcohol motifs (C(OH)–C–C–N with tert-alkyl or cyclic N) is 1. The van der Waals surface area contributed by atoms with Gasteiger partial charge in [-0.15, -0.1) is 0 Å². The molecule has 106 valence electrons. The number of benzene rings is 1. The molecule has 1 saturated heterocycles. The number of oxazole rings is 1. The maximum atomic E-state index is 9.68.